The number of nitrogens with zero attached hydrogens (tertiary/aromatic N) is 6. The molecular formula is C50H60N8O8. The molecule has 2 aromatic heterocycles. The van der Waals surface area contributed by atoms with Crippen molar-refractivity contribution in [2.24, 2.45) is 17.3 Å². The first-order valence-corrected chi connectivity index (χ1v) is 22.5. The first kappa shape index (κ1) is 47.4. The van der Waals surface area contributed by atoms with E-state index in [4.69, 9.17) is 9.47 Å². The molecule has 2 aromatic carbocycles. The number of phenols is 1. The Labute approximate surface area is 385 Å². The summed E-state index contributed by atoms with van der Waals surface area (Å²) in [5, 5.41) is 26.7. The van der Waals surface area contributed by atoms with Crippen molar-refractivity contribution in [1.29, 1.82) is 5.26 Å². The number of fused-ring (bicyclic) bond motifs is 6. The number of amides is 4. The van der Waals surface area contributed by atoms with Crippen LogP contribution in [0, 0.1) is 28.6 Å². The lowest BCUT2D eigenvalue weighted by molar-refractivity contribution is -0.155. The molecule has 4 atom stereocenters. The smallest absolute Gasteiger partial charge is 0.324 e. The van der Waals surface area contributed by atoms with Crippen LogP contribution < -0.4 is 10.7 Å². The van der Waals surface area contributed by atoms with Crippen molar-refractivity contribution in [3.05, 3.63) is 84.2 Å². The Hall–Kier alpha value is -6.57. The number of hydrogen-bond donors (Lipinski definition) is 3. The van der Waals surface area contributed by atoms with E-state index in [1.54, 1.807) is 37.4 Å². The van der Waals surface area contributed by atoms with E-state index in [2.05, 4.69) is 28.4 Å². The molecule has 66 heavy (non-hydrogen) atoms. The van der Waals surface area contributed by atoms with Gasteiger partial charge in [0.05, 0.1) is 36.6 Å². The topological polar surface area (TPSA) is 199 Å². The van der Waals surface area contributed by atoms with E-state index >= 15 is 0 Å². The minimum Gasteiger partial charge on any atom is -0.508 e. The molecule has 7 rings (SSSR count). The lowest BCUT2D eigenvalue weighted by Gasteiger charge is -2.37. The fraction of sp³-hybridized carbons (Fsp3) is 0.460. The summed E-state index contributed by atoms with van der Waals surface area (Å²) in [6.45, 7) is 12.4. The predicted molar refractivity (Wildman–Crippen MR) is 247 cm³/mol. The summed E-state index contributed by atoms with van der Waals surface area (Å²) >= 11 is 0. The number of nitriles is 1. The highest BCUT2D eigenvalue weighted by Gasteiger charge is 2.40. The van der Waals surface area contributed by atoms with Gasteiger partial charge in [0.25, 0.3) is 5.91 Å². The van der Waals surface area contributed by atoms with Gasteiger partial charge in [0, 0.05) is 68.3 Å². The van der Waals surface area contributed by atoms with Crippen LogP contribution in [0.3, 0.4) is 0 Å². The minimum absolute atomic E-state index is 0.0424. The number of benzene rings is 2. The fourth-order valence-corrected chi connectivity index (χ4v) is 9.72. The molecule has 0 aliphatic carbocycles. The molecule has 4 amide bonds. The van der Waals surface area contributed by atoms with E-state index in [-0.39, 0.29) is 62.8 Å². The molecule has 2 fully saturated rings. The molecule has 4 aromatic rings. The monoisotopic (exact) mass is 900 g/mol. The molecule has 16 heteroatoms. The summed E-state index contributed by atoms with van der Waals surface area (Å²) in [7, 11) is 3.17. The Morgan fingerprint density at radius 3 is 2.65 bits per heavy atom. The van der Waals surface area contributed by atoms with E-state index in [9.17, 15) is 34.3 Å². The number of hydrogen-bond acceptors (Lipinski definition) is 11. The summed E-state index contributed by atoms with van der Waals surface area (Å²) in [5.41, 5.74) is 8.45. The molecule has 348 valence electrons. The van der Waals surface area contributed by atoms with Crippen LogP contribution in [-0.2, 0) is 59.4 Å². The van der Waals surface area contributed by atoms with Crippen LogP contribution >= 0.6 is 0 Å². The number of methoxy groups -OCH3 is 1. The van der Waals surface area contributed by atoms with Gasteiger partial charge >= 0.3 is 5.97 Å². The first-order valence-electron chi connectivity index (χ1n) is 22.5. The van der Waals surface area contributed by atoms with E-state index < -0.39 is 47.2 Å². The van der Waals surface area contributed by atoms with Crippen molar-refractivity contribution in [2.75, 3.05) is 40.4 Å². The number of rotatable bonds is 10. The summed E-state index contributed by atoms with van der Waals surface area (Å²) in [5.74, 6) is -3.05. The molecule has 3 N–H and O–H groups in total. The molecule has 5 heterocycles. The molecular weight excluding hydrogens is 841 g/mol. The largest absolute Gasteiger partial charge is 0.508 e. The minimum atomic E-state index is -1.19. The molecule has 1 unspecified atom stereocenters. The van der Waals surface area contributed by atoms with E-state index in [1.165, 1.54) is 16.0 Å². The van der Waals surface area contributed by atoms with Gasteiger partial charge in [-0.1, -0.05) is 46.4 Å². The highest BCUT2D eigenvalue weighted by Crippen LogP contribution is 2.41. The Morgan fingerprint density at radius 2 is 1.92 bits per heavy atom. The number of pyridine rings is 1. The van der Waals surface area contributed by atoms with E-state index in [0.717, 1.165) is 33.3 Å². The van der Waals surface area contributed by atoms with Crippen LogP contribution in [0.1, 0.15) is 63.8 Å². The molecule has 3 aliphatic rings. The fourth-order valence-electron chi connectivity index (χ4n) is 9.72. The van der Waals surface area contributed by atoms with Crippen LogP contribution in [0.25, 0.3) is 33.3 Å². The normalized spacial score (nSPS) is 20.3. The van der Waals surface area contributed by atoms with Gasteiger partial charge in [-0.15, -0.1) is 0 Å². The maximum absolute atomic E-state index is 14.7. The zero-order valence-electron chi connectivity index (χ0n) is 38.6. The third-order valence-electron chi connectivity index (χ3n) is 12.9. The third kappa shape index (κ3) is 9.97. The molecule has 0 saturated carbocycles. The van der Waals surface area contributed by atoms with Gasteiger partial charge in [0.2, 0.25) is 17.7 Å². The third-order valence-corrected chi connectivity index (χ3v) is 12.9. The van der Waals surface area contributed by atoms with Gasteiger partial charge in [-0.3, -0.25) is 34.0 Å². The number of likely N-dealkylation sites (N-methyl/N-ethyl adjacent to an activating group) is 1. The highest BCUT2D eigenvalue weighted by atomic mass is 16.5. The number of carbonyl (C=O) groups excluding carboxylic acids is 5. The van der Waals surface area contributed by atoms with Gasteiger partial charge in [-0.2, -0.15) is 5.26 Å². The second kappa shape index (κ2) is 19.9. The standard InChI is InChI=1S/C50H60N8O8/c1-8-43(60)56-19-15-33(27-56)47(62)55(6)44(30(2)3)46(61)53-40-23-31-21-34(24-35(59)22-31)32-13-14-42-37(25-32)38(45(57(42)20-16-51)36-11-9-17-52-41(36)28-65-7)26-50(4,5)29-66-49(64)39-12-10-18-58(54-39)48(40)63/h8-9,11,13-14,17,21-22,24-25,30,33,39-40,44,54,59H,1,10,12,15,18-20,23,26-29H2,2-7H3,(H,53,61)/t33-,39-,40-,44?/m0/s1. The molecule has 6 bridgehead atoms. The van der Waals surface area contributed by atoms with Crippen molar-refractivity contribution in [2.45, 2.75) is 91.1 Å². The summed E-state index contributed by atoms with van der Waals surface area (Å²) < 4.78 is 13.6. The maximum Gasteiger partial charge on any atom is 0.324 e. The van der Waals surface area contributed by atoms with E-state index in [0.29, 0.717) is 49.0 Å². The first-order chi connectivity index (χ1) is 31.5. The zero-order valence-corrected chi connectivity index (χ0v) is 38.6. The molecule has 0 radical (unpaired) electrons. The average Bonchev–Trinajstić information content (AvgIpc) is 3.90. The summed E-state index contributed by atoms with van der Waals surface area (Å²) in [6, 6.07) is 14.1. The average molecular weight is 901 g/mol. The van der Waals surface area contributed by atoms with Crippen LogP contribution in [-0.4, -0.2) is 118 Å². The number of cyclic esters (lactones) is 1. The number of hydrazine groups is 1. The van der Waals surface area contributed by atoms with Gasteiger partial charge in [-0.25, -0.2) is 5.43 Å². The number of aromatic hydroxyl groups is 1. The van der Waals surface area contributed by atoms with Crippen LogP contribution in [0.15, 0.2) is 67.4 Å². The van der Waals surface area contributed by atoms with Gasteiger partial charge in [0.1, 0.15) is 30.4 Å². The summed E-state index contributed by atoms with van der Waals surface area (Å²) in [6.07, 6.45) is 4.66. The van der Waals surface area contributed by atoms with Crippen LogP contribution in [0.5, 0.6) is 5.75 Å². The predicted octanol–water partition coefficient (Wildman–Crippen LogP) is 4.91. The van der Waals surface area contributed by atoms with Crippen molar-refractivity contribution in [3.63, 3.8) is 0 Å². The second-order valence-corrected chi connectivity index (χ2v) is 18.8. The van der Waals surface area contributed by atoms with Crippen LogP contribution in [0.4, 0.5) is 0 Å². The Balaban J connectivity index is 1.31. The Bertz CT molecular complexity index is 2580. The number of phenolic OH excluding ortho intramolecular Hbond substituents is 1. The lowest BCUT2D eigenvalue weighted by atomic mass is 9.84. The number of ether oxygens (including phenoxy) is 2. The maximum atomic E-state index is 14.7. The summed E-state index contributed by atoms with van der Waals surface area (Å²) in [4.78, 5) is 76.9. The Morgan fingerprint density at radius 1 is 1.14 bits per heavy atom. The molecule has 2 saturated heterocycles. The molecule has 0 spiro atoms. The highest BCUT2D eigenvalue weighted by molar-refractivity contribution is 5.96. The SMILES string of the molecule is C=CC(=O)N1CC[C@H](C(=O)N(C)C(C(=O)N[C@H]2Cc3cc(O)cc(c3)-c3ccc4c(c3)c(c(-c3cccnc3COC)n4CC#N)CC(C)(C)COC(=O)[C@@H]3CCCN(N3)C2=O)C(C)C)C1. The zero-order chi connectivity index (χ0) is 47.4. The number of esters is 1. The van der Waals surface area contributed by atoms with Crippen LogP contribution in [0.2, 0.25) is 0 Å². The number of nitrogens with one attached hydrogen (secondary N) is 2. The van der Waals surface area contributed by atoms with Gasteiger partial charge in [0.15, 0.2) is 0 Å². The second-order valence-electron chi connectivity index (χ2n) is 18.8. The van der Waals surface area contributed by atoms with E-state index in [1.807, 2.05) is 68.7 Å². The van der Waals surface area contributed by atoms with Crippen molar-refractivity contribution < 1.29 is 38.6 Å². The van der Waals surface area contributed by atoms with Crippen molar-refractivity contribution >= 4 is 40.5 Å². The lowest BCUT2D eigenvalue weighted by Crippen LogP contribution is -2.62. The molecule has 16 nitrogen and oxygen atoms in total. The quantitative estimate of drug-likeness (QED) is 0.144. The number of carbonyl (C=O) groups is 5. The van der Waals surface area contributed by atoms with Gasteiger partial charge < -0.3 is 34.3 Å². The van der Waals surface area contributed by atoms with Crippen molar-refractivity contribution in [1.82, 2.24) is 35.1 Å². The Kier molecular flexibility index (Phi) is 14.3. The number of aromatic nitrogens is 2. The number of likely N-dealkylation sites (tertiary alicyclic amines) is 1. The molecule has 3 aliphatic heterocycles. The van der Waals surface area contributed by atoms with Crippen molar-refractivity contribution in [3.8, 4) is 34.2 Å². The van der Waals surface area contributed by atoms with Gasteiger partial charge in [-0.05, 0) is 96.3 Å².